The summed E-state index contributed by atoms with van der Waals surface area (Å²) in [6.45, 7) is 0. The number of hydrogen-bond acceptors (Lipinski definition) is 4. The molecule has 0 spiro atoms. The second-order valence-corrected chi connectivity index (χ2v) is 5.44. The summed E-state index contributed by atoms with van der Waals surface area (Å²) >= 11 is 6.70. The maximum absolute atomic E-state index is 12.8. The molecule has 1 heterocycles. The van der Waals surface area contributed by atoms with Gasteiger partial charge in [0.15, 0.2) is 4.47 Å². The Bertz CT molecular complexity index is 593. The van der Waals surface area contributed by atoms with Crippen LogP contribution >= 0.6 is 22.9 Å². The van der Waals surface area contributed by atoms with Crippen molar-refractivity contribution in [3.8, 4) is 0 Å². The van der Waals surface area contributed by atoms with Crippen molar-refractivity contribution in [1.82, 2.24) is 4.98 Å². The van der Waals surface area contributed by atoms with E-state index in [0.29, 0.717) is 4.70 Å². The molecule has 2 rings (SSSR count). The van der Waals surface area contributed by atoms with Crippen LogP contribution in [0.4, 0.5) is 3.89 Å². The molecule has 0 saturated heterocycles. The molecule has 0 aliphatic rings. The maximum Gasteiger partial charge on any atom is 0.334 e. The predicted octanol–water partition coefficient (Wildman–Crippen LogP) is 2.61. The van der Waals surface area contributed by atoms with E-state index in [1.54, 1.807) is 6.07 Å². The minimum Gasteiger partial charge on any atom is -0.223 e. The third-order valence-corrected chi connectivity index (χ3v) is 3.60. The first kappa shape index (κ1) is 9.82. The fraction of sp³-hybridized carbons (Fsp3) is 0. The first-order valence-corrected chi connectivity index (χ1v) is 6.06. The van der Waals surface area contributed by atoms with E-state index in [1.807, 2.05) is 0 Å². The van der Waals surface area contributed by atoms with E-state index >= 15 is 0 Å². The molecule has 0 bridgehead atoms. The average Bonchev–Trinajstić information content (AvgIpc) is 2.41. The zero-order chi connectivity index (χ0) is 10.3. The molecule has 0 aliphatic carbocycles. The van der Waals surface area contributed by atoms with Gasteiger partial charge in [0.2, 0.25) is 0 Å². The van der Waals surface area contributed by atoms with Crippen LogP contribution in [0.2, 0.25) is 4.47 Å². The Morgan fingerprint density at radius 2 is 2.14 bits per heavy atom. The highest BCUT2D eigenvalue weighted by Gasteiger charge is 2.18. The summed E-state index contributed by atoms with van der Waals surface area (Å²) in [4.78, 5) is 3.31. The molecule has 1 aromatic heterocycles. The van der Waals surface area contributed by atoms with Gasteiger partial charge in [-0.25, -0.2) is 4.98 Å². The molecular formula is C7H3ClFNO2S2. The number of hydrogen-bond donors (Lipinski definition) is 0. The molecule has 0 fully saturated rings. The van der Waals surface area contributed by atoms with Crippen LogP contribution in [-0.2, 0) is 10.2 Å². The fourth-order valence-corrected chi connectivity index (χ4v) is 2.84. The molecule has 7 heteroatoms. The van der Waals surface area contributed by atoms with Crippen LogP contribution in [-0.4, -0.2) is 13.4 Å². The summed E-state index contributed by atoms with van der Waals surface area (Å²) in [6.07, 6.45) is 0. The molecule has 0 amide bonds. The van der Waals surface area contributed by atoms with Crippen molar-refractivity contribution in [2.45, 2.75) is 4.90 Å². The Labute approximate surface area is 88.4 Å². The van der Waals surface area contributed by atoms with E-state index in [9.17, 15) is 12.3 Å². The minimum atomic E-state index is -4.73. The van der Waals surface area contributed by atoms with Crippen molar-refractivity contribution in [3.63, 3.8) is 0 Å². The van der Waals surface area contributed by atoms with Crippen molar-refractivity contribution in [2.75, 3.05) is 0 Å². The van der Waals surface area contributed by atoms with E-state index in [2.05, 4.69) is 4.98 Å². The van der Waals surface area contributed by atoms with Crippen LogP contribution in [0.1, 0.15) is 0 Å². The van der Waals surface area contributed by atoms with Crippen LogP contribution < -0.4 is 0 Å². The van der Waals surface area contributed by atoms with Gasteiger partial charge in [-0.1, -0.05) is 17.7 Å². The molecule has 0 radical (unpaired) electrons. The Kier molecular flexibility index (Phi) is 2.21. The van der Waals surface area contributed by atoms with Gasteiger partial charge in [0, 0.05) is 0 Å². The van der Waals surface area contributed by atoms with Gasteiger partial charge >= 0.3 is 10.2 Å². The highest BCUT2D eigenvalue weighted by Crippen LogP contribution is 2.30. The highest BCUT2D eigenvalue weighted by atomic mass is 35.5. The molecule has 14 heavy (non-hydrogen) atoms. The van der Waals surface area contributed by atoms with Gasteiger partial charge in [-0.3, -0.25) is 0 Å². The van der Waals surface area contributed by atoms with Gasteiger partial charge in [0.05, 0.1) is 4.70 Å². The van der Waals surface area contributed by atoms with Crippen LogP contribution in [0.5, 0.6) is 0 Å². The Morgan fingerprint density at radius 3 is 2.79 bits per heavy atom. The van der Waals surface area contributed by atoms with E-state index in [0.717, 1.165) is 17.4 Å². The zero-order valence-electron chi connectivity index (χ0n) is 6.57. The largest absolute Gasteiger partial charge is 0.334 e. The van der Waals surface area contributed by atoms with Crippen molar-refractivity contribution >= 4 is 43.4 Å². The van der Waals surface area contributed by atoms with Gasteiger partial charge in [0.1, 0.15) is 10.4 Å². The minimum absolute atomic E-state index is 0.0880. The van der Waals surface area contributed by atoms with E-state index < -0.39 is 15.1 Å². The summed E-state index contributed by atoms with van der Waals surface area (Å²) < 4.78 is 34.9. The summed E-state index contributed by atoms with van der Waals surface area (Å²) in [5.41, 5.74) is 0.0880. The van der Waals surface area contributed by atoms with Crippen LogP contribution in [0.25, 0.3) is 10.2 Å². The lowest BCUT2D eigenvalue weighted by molar-refractivity contribution is 0.553. The summed E-state index contributed by atoms with van der Waals surface area (Å²) in [7, 11) is -4.73. The molecule has 2 aromatic rings. The van der Waals surface area contributed by atoms with Crippen molar-refractivity contribution in [2.24, 2.45) is 0 Å². The van der Waals surface area contributed by atoms with E-state index in [4.69, 9.17) is 11.6 Å². The van der Waals surface area contributed by atoms with Gasteiger partial charge in [-0.05, 0) is 12.1 Å². The Hall–Kier alpha value is -0.720. The normalized spacial score (nSPS) is 12.1. The number of rotatable bonds is 1. The summed E-state index contributed by atoms with van der Waals surface area (Å²) in [5, 5.41) is 0. The van der Waals surface area contributed by atoms with Crippen molar-refractivity contribution < 1.29 is 12.3 Å². The van der Waals surface area contributed by atoms with Gasteiger partial charge in [-0.15, -0.1) is 15.2 Å². The molecule has 74 valence electrons. The highest BCUT2D eigenvalue weighted by molar-refractivity contribution is 7.86. The number of benzene rings is 1. The Balaban J connectivity index is 2.90. The lowest BCUT2D eigenvalue weighted by atomic mass is 10.3. The number of nitrogens with zero attached hydrogens (tertiary/aromatic N) is 1. The van der Waals surface area contributed by atoms with Gasteiger partial charge in [-0.2, -0.15) is 8.42 Å². The monoisotopic (exact) mass is 251 g/mol. The second-order valence-electron chi connectivity index (χ2n) is 2.51. The molecule has 0 atom stereocenters. The standard InChI is InChI=1S/C7H3ClFNO2S2/c8-7-10-6-4(13-7)2-1-3-5(6)14(9,11)12/h1-3H. The Morgan fingerprint density at radius 1 is 1.43 bits per heavy atom. The zero-order valence-corrected chi connectivity index (χ0v) is 8.96. The number of thiazole rings is 1. The van der Waals surface area contributed by atoms with E-state index in [-0.39, 0.29) is 9.98 Å². The third kappa shape index (κ3) is 1.60. The number of fused-ring (bicyclic) bond motifs is 1. The molecule has 0 saturated carbocycles. The fourth-order valence-electron chi connectivity index (χ4n) is 1.09. The number of aromatic nitrogens is 1. The van der Waals surface area contributed by atoms with Crippen molar-refractivity contribution in [1.29, 1.82) is 0 Å². The third-order valence-electron chi connectivity index (χ3n) is 1.62. The SMILES string of the molecule is O=S(=O)(F)c1cccc2sc(Cl)nc12. The first-order chi connectivity index (χ1) is 6.48. The van der Waals surface area contributed by atoms with Crippen LogP contribution in [0.3, 0.4) is 0 Å². The second kappa shape index (κ2) is 3.15. The average molecular weight is 252 g/mol. The molecular weight excluding hydrogens is 249 g/mol. The smallest absolute Gasteiger partial charge is 0.223 e. The summed E-state index contributed by atoms with van der Waals surface area (Å²) in [5.74, 6) is 0. The number of halogens is 2. The first-order valence-electron chi connectivity index (χ1n) is 3.48. The number of para-hydroxylation sites is 1. The van der Waals surface area contributed by atoms with Crippen LogP contribution in [0, 0.1) is 0 Å². The predicted molar refractivity (Wildman–Crippen MR) is 52.9 cm³/mol. The molecule has 0 unspecified atom stereocenters. The lowest BCUT2D eigenvalue weighted by Gasteiger charge is -1.94. The van der Waals surface area contributed by atoms with E-state index in [1.165, 1.54) is 6.07 Å². The molecule has 0 aliphatic heterocycles. The molecule has 0 N–H and O–H groups in total. The quantitative estimate of drug-likeness (QED) is 0.732. The summed E-state index contributed by atoms with van der Waals surface area (Å²) in [6, 6.07) is 4.24. The molecule has 3 nitrogen and oxygen atoms in total. The lowest BCUT2D eigenvalue weighted by Crippen LogP contribution is -1.92. The van der Waals surface area contributed by atoms with Gasteiger partial charge < -0.3 is 0 Å². The maximum atomic E-state index is 12.8. The van der Waals surface area contributed by atoms with Gasteiger partial charge in [0.25, 0.3) is 0 Å². The molecule has 1 aromatic carbocycles. The van der Waals surface area contributed by atoms with Crippen molar-refractivity contribution in [3.05, 3.63) is 22.7 Å². The topological polar surface area (TPSA) is 47.0 Å². The van der Waals surface area contributed by atoms with Crippen LogP contribution in [0.15, 0.2) is 23.1 Å².